The average Bonchev–Trinajstić information content (AvgIpc) is 2.83. The second-order valence-corrected chi connectivity index (χ2v) is 6.60. The van der Waals surface area contributed by atoms with Crippen LogP contribution >= 0.6 is 0 Å². The minimum absolute atomic E-state index is 0.190. The van der Waals surface area contributed by atoms with Crippen molar-refractivity contribution in [1.82, 2.24) is 19.4 Å². The molecule has 0 N–H and O–H groups in total. The lowest BCUT2D eigenvalue weighted by molar-refractivity contribution is -0.168. The number of likely N-dealkylation sites (tertiary alicyclic amines) is 1. The molecule has 2 aromatic rings. The predicted molar refractivity (Wildman–Crippen MR) is 81.9 cm³/mol. The average molecular weight is 296 g/mol. The molecule has 1 aliphatic heterocycles. The van der Waals surface area contributed by atoms with Crippen molar-refractivity contribution in [3.8, 4) is 0 Å². The smallest absolute Gasteiger partial charge is 0.229 e. The number of hydrogen-bond donors (Lipinski definition) is 0. The van der Waals surface area contributed by atoms with Gasteiger partial charge in [-0.15, -0.1) is 0 Å². The highest BCUT2D eigenvalue weighted by Crippen LogP contribution is 2.60. The molecular formula is C17H20N4O. The number of imidazole rings is 1. The van der Waals surface area contributed by atoms with Gasteiger partial charge in [-0.05, 0) is 24.5 Å². The van der Waals surface area contributed by atoms with Crippen molar-refractivity contribution in [3.63, 3.8) is 0 Å². The third-order valence-electron chi connectivity index (χ3n) is 5.30. The first-order chi connectivity index (χ1) is 10.7. The molecule has 2 fully saturated rings. The van der Waals surface area contributed by atoms with Gasteiger partial charge in [-0.3, -0.25) is 9.78 Å². The van der Waals surface area contributed by atoms with E-state index in [1.54, 1.807) is 18.7 Å². The van der Waals surface area contributed by atoms with E-state index in [4.69, 9.17) is 0 Å². The van der Waals surface area contributed by atoms with Crippen molar-refractivity contribution in [1.29, 1.82) is 0 Å². The summed E-state index contributed by atoms with van der Waals surface area (Å²) in [5, 5.41) is 0. The predicted octanol–water partition coefficient (Wildman–Crippen LogP) is 2.11. The molecule has 1 unspecified atom stereocenters. The summed E-state index contributed by atoms with van der Waals surface area (Å²) in [6, 6.07) is 4.26. The monoisotopic (exact) mass is 296 g/mol. The molecule has 0 bridgehead atoms. The molecule has 2 aromatic heterocycles. The summed E-state index contributed by atoms with van der Waals surface area (Å²) < 4.78 is 1.91. The number of pyridine rings is 1. The van der Waals surface area contributed by atoms with Gasteiger partial charge in [-0.2, -0.15) is 0 Å². The fraction of sp³-hybridized carbons (Fsp3) is 0.471. The van der Waals surface area contributed by atoms with Crippen LogP contribution in [0.3, 0.4) is 0 Å². The molecule has 114 valence electrons. The van der Waals surface area contributed by atoms with Gasteiger partial charge in [0.2, 0.25) is 5.91 Å². The fourth-order valence-corrected chi connectivity index (χ4v) is 3.91. The van der Waals surface area contributed by atoms with Crippen molar-refractivity contribution in [2.75, 3.05) is 6.54 Å². The Labute approximate surface area is 130 Å². The van der Waals surface area contributed by atoms with Crippen molar-refractivity contribution in [2.45, 2.75) is 31.7 Å². The molecule has 5 nitrogen and oxygen atoms in total. The second-order valence-electron chi connectivity index (χ2n) is 6.60. The van der Waals surface area contributed by atoms with E-state index in [1.807, 2.05) is 28.8 Å². The van der Waals surface area contributed by atoms with Gasteiger partial charge >= 0.3 is 0 Å². The van der Waals surface area contributed by atoms with Gasteiger partial charge < -0.3 is 9.47 Å². The van der Waals surface area contributed by atoms with Gasteiger partial charge in [0, 0.05) is 43.3 Å². The van der Waals surface area contributed by atoms with Gasteiger partial charge in [-0.25, -0.2) is 4.98 Å². The van der Waals surface area contributed by atoms with Crippen LogP contribution in [-0.4, -0.2) is 31.9 Å². The van der Waals surface area contributed by atoms with Gasteiger partial charge in [0.15, 0.2) is 0 Å². The highest BCUT2D eigenvalue weighted by molar-refractivity contribution is 5.80. The van der Waals surface area contributed by atoms with E-state index in [2.05, 4.69) is 16.0 Å². The van der Waals surface area contributed by atoms with Crippen molar-refractivity contribution >= 4 is 5.91 Å². The molecule has 5 heteroatoms. The van der Waals surface area contributed by atoms with Crippen LogP contribution in [0, 0.1) is 5.41 Å². The van der Waals surface area contributed by atoms with E-state index >= 15 is 0 Å². The lowest BCUT2D eigenvalue weighted by Gasteiger charge is -2.62. The van der Waals surface area contributed by atoms with E-state index in [1.165, 1.54) is 24.8 Å². The van der Waals surface area contributed by atoms with Gasteiger partial charge in [-0.1, -0.05) is 12.5 Å². The lowest BCUT2D eigenvalue weighted by atomic mass is 9.56. The zero-order valence-corrected chi connectivity index (χ0v) is 12.8. The normalized spacial score (nSPS) is 22.2. The topological polar surface area (TPSA) is 51.0 Å². The maximum atomic E-state index is 12.7. The summed E-state index contributed by atoms with van der Waals surface area (Å²) in [4.78, 5) is 23.1. The first kappa shape index (κ1) is 13.5. The molecule has 1 spiro atoms. The Bertz CT molecular complexity index is 690. The number of rotatable bonds is 3. The molecule has 0 radical (unpaired) electrons. The Morgan fingerprint density at radius 2 is 2.23 bits per heavy atom. The molecule has 1 saturated carbocycles. The Morgan fingerprint density at radius 1 is 1.36 bits per heavy atom. The third kappa shape index (κ3) is 1.95. The largest absolute Gasteiger partial charge is 0.337 e. The Hall–Kier alpha value is -2.17. The molecular weight excluding hydrogens is 276 g/mol. The van der Waals surface area contributed by atoms with Crippen LogP contribution in [0.2, 0.25) is 0 Å². The molecule has 1 aliphatic carbocycles. The molecule has 4 rings (SSSR count). The third-order valence-corrected chi connectivity index (χ3v) is 5.30. The second kappa shape index (κ2) is 4.93. The summed E-state index contributed by atoms with van der Waals surface area (Å²) in [7, 11) is 1.93. The molecule has 22 heavy (non-hydrogen) atoms. The first-order valence-corrected chi connectivity index (χ1v) is 7.84. The number of aryl methyl sites for hydroxylation is 1. The van der Waals surface area contributed by atoms with Crippen LogP contribution in [0.25, 0.3) is 0 Å². The molecule has 3 heterocycles. The molecule has 1 atom stereocenters. The zero-order valence-electron chi connectivity index (χ0n) is 12.8. The van der Waals surface area contributed by atoms with Crippen LogP contribution in [0.4, 0.5) is 0 Å². The standard InChI is InChI=1S/C17H20N4O/c1-20-12-19-10-14(20)8-15(22)21-11-17(5-3-6-17)16(21)13-4-2-7-18-9-13/h2,4,7,9-10,12,16H,3,5-6,8,11H2,1H3. The summed E-state index contributed by atoms with van der Waals surface area (Å²) in [5.74, 6) is 0.190. The molecule has 1 saturated heterocycles. The Kier molecular flexibility index (Phi) is 3.03. The Morgan fingerprint density at radius 3 is 2.82 bits per heavy atom. The number of hydrogen-bond acceptors (Lipinski definition) is 3. The summed E-state index contributed by atoms with van der Waals surface area (Å²) in [5.41, 5.74) is 2.45. The van der Waals surface area contributed by atoms with E-state index in [-0.39, 0.29) is 11.9 Å². The Balaban J connectivity index is 1.56. The van der Waals surface area contributed by atoms with Gasteiger partial charge in [0.25, 0.3) is 0 Å². The van der Waals surface area contributed by atoms with E-state index in [9.17, 15) is 4.79 Å². The summed E-state index contributed by atoms with van der Waals surface area (Å²) >= 11 is 0. The van der Waals surface area contributed by atoms with E-state index in [0.717, 1.165) is 12.2 Å². The van der Waals surface area contributed by atoms with Gasteiger partial charge in [0.05, 0.1) is 18.8 Å². The highest BCUT2D eigenvalue weighted by Gasteiger charge is 2.57. The van der Waals surface area contributed by atoms with Crippen molar-refractivity contribution < 1.29 is 4.79 Å². The molecule has 2 aliphatic rings. The van der Waals surface area contributed by atoms with Crippen LogP contribution < -0.4 is 0 Å². The van der Waals surface area contributed by atoms with Crippen LogP contribution in [0.5, 0.6) is 0 Å². The maximum Gasteiger partial charge on any atom is 0.229 e. The number of amides is 1. The zero-order chi connectivity index (χ0) is 15.2. The highest BCUT2D eigenvalue weighted by atomic mass is 16.2. The lowest BCUT2D eigenvalue weighted by Crippen LogP contribution is -2.63. The minimum atomic E-state index is 0.190. The maximum absolute atomic E-state index is 12.7. The van der Waals surface area contributed by atoms with Gasteiger partial charge in [0.1, 0.15) is 0 Å². The number of nitrogens with zero attached hydrogens (tertiary/aromatic N) is 4. The van der Waals surface area contributed by atoms with Crippen molar-refractivity contribution in [2.24, 2.45) is 12.5 Å². The SMILES string of the molecule is Cn1cncc1CC(=O)N1CC2(CCC2)C1c1cccnc1. The summed E-state index contributed by atoms with van der Waals surface area (Å²) in [6.07, 6.45) is 11.4. The van der Waals surface area contributed by atoms with Crippen LogP contribution in [-0.2, 0) is 18.3 Å². The molecule has 0 aromatic carbocycles. The molecule has 1 amide bonds. The number of aromatic nitrogens is 3. The summed E-state index contributed by atoms with van der Waals surface area (Å²) in [6.45, 7) is 0.892. The fourth-order valence-electron chi connectivity index (χ4n) is 3.91. The van der Waals surface area contributed by atoms with Crippen LogP contribution in [0.1, 0.15) is 36.6 Å². The van der Waals surface area contributed by atoms with E-state index < -0.39 is 0 Å². The minimum Gasteiger partial charge on any atom is -0.337 e. The number of carbonyl (C=O) groups excluding carboxylic acids is 1. The van der Waals surface area contributed by atoms with Crippen LogP contribution in [0.15, 0.2) is 37.1 Å². The first-order valence-electron chi connectivity index (χ1n) is 7.84. The number of carbonyl (C=O) groups is 1. The van der Waals surface area contributed by atoms with Crippen molar-refractivity contribution in [3.05, 3.63) is 48.3 Å². The quantitative estimate of drug-likeness (QED) is 0.871. The van der Waals surface area contributed by atoms with E-state index in [0.29, 0.717) is 11.8 Å².